The van der Waals surface area contributed by atoms with Crippen molar-refractivity contribution in [2.24, 2.45) is 0 Å². The summed E-state index contributed by atoms with van der Waals surface area (Å²) in [5, 5.41) is 4.49. The van der Waals surface area contributed by atoms with Crippen LogP contribution in [0.4, 0.5) is 5.69 Å². The average molecular weight is 398 g/mol. The predicted molar refractivity (Wildman–Crippen MR) is 93.3 cm³/mol. The van der Waals surface area contributed by atoms with E-state index in [-0.39, 0.29) is 5.91 Å². The van der Waals surface area contributed by atoms with E-state index in [1.54, 1.807) is 18.6 Å². The second-order valence-electron chi connectivity index (χ2n) is 4.67. The van der Waals surface area contributed by atoms with E-state index < -0.39 is 5.97 Å². The number of carbonyl (C=O) groups is 2. The average Bonchev–Trinajstić information content (AvgIpc) is 3.00. The van der Waals surface area contributed by atoms with Crippen molar-refractivity contribution in [1.29, 1.82) is 0 Å². The van der Waals surface area contributed by atoms with Crippen molar-refractivity contribution in [1.82, 2.24) is 0 Å². The summed E-state index contributed by atoms with van der Waals surface area (Å²) in [6.45, 7) is 0. The fourth-order valence-corrected chi connectivity index (χ4v) is 3.35. The maximum Gasteiger partial charge on any atom is 0.350 e. The summed E-state index contributed by atoms with van der Waals surface area (Å²) in [6, 6.07) is 7.39. The van der Waals surface area contributed by atoms with Crippen molar-refractivity contribution in [3.8, 4) is 5.75 Å². The molecule has 7 heteroatoms. The predicted octanol–water partition coefficient (Wildman–Crippen LogP) is 3.88. The first kappa shape index (κ1) is 17.5. The van der Waals surface area contributed by atoms with Crippen LogP contribution < -0.4 is 10.1 Å². The number of halogens is 1. The van der Waals surface area contributed by atoms with Crippen LogP contribution in [0.25, 0.3) is 0 Å². The number of benzene rings is 1. The van der Waals surface area contributed by atoms with E-state index >= 15 is 0 Å². The molecule has 0 aliphatic heterocycles. The van der Waals surface area contributed by atoms with Gasteiger partial charge in [0.25, 0.3) is 0 Å². The van der Waals surface area contributed by atoms with Gasteiger partial charge < -0.3 is 14.8 Å². The SMILES string of the molecule is COC(=O)c1sccc1NC(=O)CCc1ccc(OC)c(Br)c1. The van der Waals surface area contributed by atoms with Gasteiger partial charge in [-0.25, -0.2) is 4.79 Å². The molecular weight excluding hydrogens is 382 g/mol. The van der Waals surface area contributed by atoms with Crippen molar-refractivity contribution >= 4 is 44.8 Å². The molecule has 1 heterocycles. The molecule has 0 spiro atoms. The number of aryl methyl sites for hydroxylation is 1. The minimum absolute atomic E-state index is 0.152. The maximum absolute atomic E-state index is 12.1. The molecule has 1 N–H and O–H groups in total. The van der Waals surface area contributed by atoms with E-state index in [9.17, 15) is 9.59 Å². The normalized spacial score (nSPS) is 10.2. The Morgan fingerprint density at radius 2 is 2.04 bits per heavy atom. The van der Waals surface area contributed by atoms with E-state index in [4.69, 9.17) is 4.74 Å². The molecule has 0 saturated heterocycles. The fraction of sp³-hybridized carbons (Fsp3) is 0.250. The largest absolute Gasteiger partial charge is 0.496 e. The Hall–Kier alpha value is -1.86. The van der Waals surface area contributed by atoms with Crippen molar-refractivity contribution in [3.05, 3.63) is 44.6 Å². The highest BCUT2D eigenvalue weighted by Crippen LogP contribution is 2.26. The number of hydrogen-bond acceptors (Lipinski definition) is 5. The first-order valence-corrected chi connectivity index (χ1v) is 8.50. The van der Waals surface area contributed by atoms with Crippen molar-refractivity contribution in [3.63, 3.8) is 0 Å². The number of ether oxygens (including phenoxy) is 2. The van der Waals surface area contributed by atoms with Gasteiger partial charge in [-0.1, -0.05) is 6.07 Å². The standard InChI is InChI=1S/C16H16BrNO4S/c1-21-13-5-3-10(9-11(13)17)4-6-14(19)18-12-7-8-23-15(12)16(20)22-2/h3,5,7-9H,4,6H2,1-2H3,(H,18,19). The zero-order chi connectivity index (χ0) is 16.8. The van der Waals surface area contributed by atoms with Gasteiger partial charge in [0.15, 0.2) is 0 Å². The number of amides is 1. The third kappa shape index (κ3) is 4.56. The quantitative estimate of drug-likeness (QED) is 0.751. The van der Waals surface area contributed by atoms with Gasteiger partial charge in [0.2, 0.25) is 5.91 Å². The Kier molecular flexibility index (Phi) is 6.18. The van der Waals surface area contributed by atoms with E-state index in [1.807, 2.05) is 18.2 Å². The summed E-state index contributed by atoms with van der Waals surface area (Å²) in [5.41, 5.74) is 1.51. The molecule has 0 aliphatic carbocycles. The molecule has 122 valence electrons. The Labute approximate surface area is 146 Å². The number of methoxy groups -OCH3 is 2. The zero-order valence-corrected chi connectivity index (χ0v) is 15.1. The molecule has 0 atom stereocenters. The molecule has 1 aromatic carbocycles. The molecule has 0 radical (unpaired) electrons. The number of hydrogen-bond donors (Lipinski definition) is 1. The number of nitrogens with one attached hydrogen (secondary N) is 1. The summed E-state index contributed by atoms with van der Waals surface area (Å²) in [7, 11) is 2.92. The maximum atomic E-state index is 12.1. The lowest BCUT2D eigenvalue weighted by Gasteiger charge is -2.07. The van der Waals surface area contributed by atoms with Gasteiger partial charge in [0.05, 0.1) is 24.4 Å². The number of rotatable bonds is 6. The lowest BCUT2D eigenvalue weighted by atomic mass is 10.1. The van der Waals surface area contributed by atoms with Crippen LogP contribution in [0.1, 0.15) is 21.7 Å². The highest BCUT2D eigenvalue weighted by Gasteiger charge is 2.15. The van der Waals surface area contributed by atoms with Gasteiger partial charge in [-0.15, -0.1) is 11.3 Å². The lowest BCUT2D eigenvalue weighted by Crippen LogP contribution is -2.14. The molecule has 0 saturated carbocycles. The summed E-state index contributed by atoms with van der Waals surface area (Å²) in [5.74, 6) is 0.147. The Morgan fingerprint density at radius 3 is 2.70 bits per heavy atom. The summed E-state index contributed by atoms with van der Waals surface area (Å²) in [4.78, 5) is 24.0. The molecule has 23 heavy (non-hydrogen) atoms. The number of esters is 1. The van der Waals surface area contributed by atoms with Crippen molar-refractivity contribution < 1.29 is 19.1 Å². The minimum atomic E-state index is -0.450. The highest BCUT2D eigenvalue weighted by atomic mass is 79.9. The third-order valence-electron chi connectivity index (χ3n) is 3.17. The second kappa shape index (κ2) is 8.12. The van der Waals surface area contributed by atoms with Gasteiger partial charge in [0.1, 0.15) is 10.6 Å². The zero-order valence-electron chi connectivity index (χ0n) is 12.7. The lowest BCUT2D eigenvalue weighted by molar-refractivity contribution is -0.116. The van der Waals surface area contributed by atoms with E-state index in [1.165, 1.54) is 18.4 Å². The molecule has 0 unspecified atom stereocenters. The molecular formula is C16H16BrNO4S. The molecule has 0 bridgehead atoms. The molecule has 0 fully saturated rings. The van der Waals surface area contributed by atoms with Crippen molar-refractivity contribution in [2.75, 3.05) is 19.5 Å². The molecule has 5 nitrogen and oxygen atoms in total. The van der Waals surface area contributed by atoms with Crippen molar-refractivity contribution in [2.45, 2.75) is 12.8 Å². The number of carbonyl (C=O) groups excluding carboxylic acids is 2. The van der Waals surface area contributed by atoms with Gasteiger partial charge in [-0.05, 0) is 51.5 Å². The summed E-state index contributed by atoms with van der Waals surface area (Å²) < 4.78 is 10.7. The topological polar surface area (TPSA) is 64.6 Å². The molecule has 2 rings (SSSR count). The van der Waals surface area contributed by atoms with E-state index in [0.29, 0.717) is 23.4 Å². The van der Waals surface area contributed by atoms with Crippen LogP contribution in [0.15, 0.2) is 34.1 Å². The first-order chi connectivity index (χ1) is 11.0. The molecule has 2 aromatic rings. The van der Waals surface area contributed by atoms with Gasteiger partial charge in [-0.2, -0.15) is 0 Å². The van der Waals surface area contributed by atoms with E-state index in [2.05, 4.69) is 26.0 Å². The monoisotopic (exact) mass is 397 g/mol. The fourth-order valence-electron chi connectivity index (χ4n) is 1.99. The van der Waals surface area contributed by atoms with Crippen LogP contribution in [0, 0.1) is 0 Å². The molecule has 0 aliphatic rings. The number of anilines is 1. The summed E-state index contributed by atoms with van der Waals surface area (Å²) in [6.07, 6.45) is 0.904. The Balaban J connectivity index is 1.94. The van der Waals surface area contributed by atoms with Gasteiger partial charge in [0, 0.05) is 6.42 Å². The molecule has 1 aromatic heterocycles. The van der Waals surface area contributed by atoms with Crippen LogP contribution in [0.2, 0.25) is 0 Å². The third-order valence-corrected chi connectivity index (χ3v) is 4.68. The van der Waals surface area contributed by atoms with E-state index in [0.717, 1.165) is 15.8 Å². The van der Waals surface area contributed by atoms with Crippen LogP contribution in [-0.4, -0.2) is 26.1 Å². The molecule has 1 amide bonds. The van der Waals surface area contributed by atoms with Gasteiger partial charge >= 0.3 is 5.97 Å². The highest BCUT2D eigenvalue weighted by molar-refractivity contribution is 9.10. The minimum Gasteiger partial charge on any atom is -0.496 e. The smallest absolute Gasteiger partial charge is 0.350 e. The Morgan fingerprint density at radius 1 is 1.26 bits per heavy atom. The second-order valence-corrected chi connectivity index (χ2v) is 6.44. The van der Waals surface area contributed by atoms with Crippen LogP contribution in [0.5, 0.6) is 5.75 Å². The van der Waals surface area contributed by atoms with Crippen LogP contribution in [-0.2, 0) is 16.0 Å². The first-order valence-electron chi connectivity index (χ1n) is 6.83. The Bertz CT molecular complexity index is 714. The van der Waals surface area contributed by atoms with Gasteiger partial charge in [-0.3, -0.25) is 4.79 Å². The summed E-state index contributed by atoms with van der Waals surface area (Å²) >= 11 is 4.66. The number of thiophene rings is 1. The van der Waals surface area contributed by atoms with Crippen LogP contribution in [0.3, 0.4) is 0 Å². The van der Waals surface area contributed by atoms with Crippen LogP contribution >= 0.6 is 27.3 Å².